The second-order valence-electron chi connectivity index (χ2n) is 4.69. The van der Waals surface area contributed by atoms with E-state index < -0.39 is 0 Å². The fourth-order valence-corrected chi connectivity index (χ4v) is 2.43. The Labute approximate surface area is 143 Å². The molecule has 0 fully saturated rings. The van der Waals surface area contributed by atoms with Gasteiger partial charge in [-0.2, -0.15) is 5.10 Å². The molecule has 0 saturated carbocycles. The highest BCUT2D eigenvalue weighted by Gasteiger charge is 2.10. The first-order valence-electron chi connectivity index (χ1n) is 6.88. The van der Waals surface area contributed by atoms with Crippen LogP contribution in [0.3, 0.4) is 0 Å². The lowest BCUT2D eigenvalue weighted by Crippen LogP contribution is -2.19. The van der Waals surface area contributed by atoms with E-state index in [1.807, 2.05) is 25.1 Å². The highest BCUT2D eigenvalue weighted by Crippen LogP contribution is 2.27. The second-order valence-corrected chi connectivity index (χ2v) is 5.54. The molecule has 23 heavy (non-hydrogen) atoms. The zero-order chi connectivity index (χ0) is 16.8. The van der Waals surface area contributed by atoms with Gasteiger partial charge in [0.05, 0.1) is 25.5 Å². The number of carbonyl (C=O) groups is 1. The van der Waals surface area contributed by atoms with Gasteiger partial charge in [-0.25, -0.2) is 5.43 Å². The fraction of sp³-hybridized carbons (Fsp3) is 0.176. The van der Waals surface area contributed by atoms with Crippen LogP contribution in [0.25, 0.3) is 0 Å². The highest BCUT2D eigenvalue weighted by molar-refractivity contribution is 9.10. The third kappa shape index (κ3) is 4.10. The summed E-state index contributed by atoms with van der Waals surface area (Å²) in [6, 6.07) is 12.6. The van der Waals surface area contributed by atoms with Crippen LogP contribution >= 0.6 is 15.9 Å². The van der Waals surface area contributed by atoms with Crippen LogP contribution < -0.4 is 14.9 Å². The minimum atomic E-state index is -0.280. The Hall–Kier alpha value is -2.34. The van der Waals surface area contributed by atoms with Gasteiger partial charge in [0.25, 0.3) is 5.91 Å². The predicted molar refractivity (Wildman–Crippen MR) is 93.4 cm³/mol. The molecule has 120 valence electrons. The van der Waals surface area contributed by atoms with Gasteiger partial charge in [-0.15, -0.1) is 0 Å². The van der Waals surface area contributed by atoms with E-state index in [1.165, 1.54) is 0 Å². The topological polar surface area (TPSA) is 59.9 Å². The van der Waals surface area contributed by atoms with Crippen molar-refractivity contribution < 1.29 is 14.3 Å². The molecule has 2 rings (SSSR count). The number of benzene rings is 2. The summed E-state index contributed by atoms with van der Waals surface area (Å²) >= 11 is 3.34. The van der Waals surface area contributed by atoms with Crippen LogP contribution in [0.15, 0.2) is 52.0 Å². The molecule has 0 atom stereocenters. The number of hydrogen-bond donors (Lipinski definition) is 1. The number of nitrogens with one attached hydrogen (secondary N) is 1. The summed E-state index contributed by atoms with van der Waals surface area (Å²) in [5.74, 6) is 0.968. The van der Waals surface area contributed by atoms with Crippen molar-refractivity contribution in [3.8, 4) is 11.5 Å². The fourth-order valence-electron chi connectivity index (χ4n) is 1.97. The maximum absolute atomic E-state index is 12.1. The van der Waals surface area contributed by atoms with E-state index in [-0.39, 0.29) is 5.91 Å². The van der Waals surface area contributed by atoms with E-state index in [9.17, 15) is 4.79 Å². The van der Waals surface area contributed by atoms with Crippen LogP contribution in [0.1, 0.15) is 22.8 Å². The SMILES string of the molecule is COc1ccc(/C(C)=N\NC(=O)c2ccccc2Br)cc1OC. The van der Waals surface area contributed by atoms with Gasteiger partial charge in [0.15, 0.2) is 11.5 Å². The van der Waals surface area contributed by atoms with Crippen LogP contribution in [0.5, 0.6) is 11.5 Å². The standard InChI is InChI=1S/C17H17BrN2O3/c1-11(12-8-9-15(22-2)16(10-12)23-3)19-20-17(21)13-6-4-5-7-14(13)18/h4-10H,1-3H3,(H,20,21)/b19-11-. The largest absolute Gasteiger partial charge is 0.493 e. The monoisotopic (exact) mass is 376 g/mol. The molecule has 0 unspecified atom stereocenters. The van der Waals surface area contributed by atoms with Crippen molar-refractivity contribution >= 4 is 27.5 Å². The van der Waals surface area contributed by atoms with Gasteiger partial charge in [-0.3, -0.25) is 4.79 Å². The predicted octanol–water partition coefficient (Wildman–Crippen LogP) is 3.62. The smallest absolute Gasteiger partial charge is 0.272 e. The van der Waals surface area contributed by atoms with Crippen molar-refractivity contribution in [2.75, 3.05) is 14.2 Å². The van der Waals surface area contributed by atoms with Crippen molar-refractivity contribution in [1.82, 2.24) is 5.43 Å². The molecule has 6 heteroatoms. The number of carbonyl (C=O) groups excluding carboxylic acids is 1. The van der Waals surface area contributed by atoms with Crippen molar-refractivity contribution in [3.63, 3.8) is 0 Å². The molecule has 0 spiro atoms. The number of hydrazone groups is 1. The maximum atomic E-state index is 12.1. The lowest BCUT2D eigenvalue weighted by molar-refractivity contribution is 0.0954. The Kier molecular flexibility index (Phi) is 5.76. The molecule has 0 radical (unpaired) electrons. The van der Waals surface area contributed by atoms with E-state index >= 15 is 0 Å². The van der Waals surface area contributed by atoms with Crippen LogP contribution in [0.4, 0.5) is 0 Å². The van der Waals surface area contributed by atoms with E-state index in [4.69, 9.17) is 9.47 Å². The van der Waals surface area contributed by atoms with Gasteiger partial charge in [-0.05, 0) is 53.2 Å². The first-order chi connectivity index (χ1) is 11.1. The van der Waals surface area contributed by atoms with Crippen molar-refractivity contribution in [1.29, 1.82) is 0 Å². The first kappa shape index (κ1) is 17.0. The molecular formula is C17H17BrN2O3. The lowest BCUT2D eigenvalue weighted by Gasteiger charge is -2.09. The number of methoxy groups -OCH3 is 2. The maximum Gasteiger partial charge on any atom is 0.272 e. The van der Waals surface area contributed by atoms with Gasteiger partial charge in [0.1, 0.15) is 0 Å². The molecule has 0 bridgehead atoms. The van der Waals surface area contributed by atoms with Gasteiger partial charge >= 0.3 is 0 Å². The highest BCUT2D eigenvalue weighted by atomic mass is 79.9. The molecule has 0 heterocycles. The van der Waals surface area contributed by atoms with Crippen LogP contribution in [-0.4, -0.2) is 25.8 Å². The summed E-state index contributed by atoms with van der Waals surface area (Å²) in [6.07, 6.45) is 0. The Morgan fingerprint density at radius 2 is 1.78 bits per heavy atom. The van der Waals surface area contributed by atoms with Gasteiger partial charge in [0, 0.05) is 10.0 Å². The molecule has 1 N–H and O–H groups in total. The number of ether oxygens (including phenoxy) is 2. The summed E-state index contributed by atoms with van der Waals surface area (Å²) in [4.78, 5) is 12.1. The number of amides is 1. The summed E-state index contributed by atoms with van der Waals surface area (Å²) in [5.41, 5.74) is 4.56. The van der Waals surface area contributed by atoms with Crippen molar-refractivity contribution in [3.05, 3.63) is 58.1 Å². The van der Waals surface area contributed by atoms with E-state index in [0.29, 0.717) is 22.8 Å². The Balaban J connectivity index is 2.17. The van der Waals surface area contributed by atoms with Gasteiger partial charge in [-0.1, -0.05) is 12.1 Å². The number of halogens is 1. The van der Waals surface area contributed by atoms with Crippen LogP contribution in [-0.2, 0) is 0 Å². The molecule has 0 saturated heterocycles. The number of rotatable bonds is 5. The van der Waals surface area contributed by atoms with E-state index in [2.05, 4.69) is 26.5 Å². The van der Waals surface area contributed by atoms with Crippen LogP contribution in [0.2, 0.25) is 0 Å². The summed E-state index contributed by atoms with van der Waals surface area (Å²) in [5, 5.41) is 4.14. The molecule has 2 aromatic rings. The molecule has 1 amide bonds. The molecule has 0 aliphatic rings. The molecule has 0 aliphatic carbocycles. The van der Waals surface area contributed by atoms with E-state index in [1.54, 1.807) is 38.5 Å². The molecule has 0 aromatic heterocycles. The zero-order valence-electron chi connectivity index (χ0n) is 13.1. The number of hydrogen-bond acceptors (Lipinski definition) is 4. The molecule has 2 aromatic carbocycles. The average Bonchev–Trinajstić information content (AvgIpc) is 2.59. The zero-order valence-corrected chi connectivity index (χ0v) is 14.7. The lowest BCUT2D eigenvalue weighted by atomic mass is 10.1. The summed E-state index contributed by atoms with van der Waals surface area (Å²) in [6.45, 7) is 1.81. The number of nitrogens with zero attached hydrogens (tertiary/aromatic N) is 1. The third-order valence-electron chi connectivity index (χ3n) is 3.24. The molecular weight excluding hydrogens is 360 g/mol. The quantitative estimate of drug-likeness (QED) is 0.640. The molecule has 5 nitrogen and oxygen atoms in total. The Morgan fingerprint density at radius 3 is 2.43 bits per heavy atom. The van der Waals surface area contributed by atoms with Crippen molar-refractivity contribution in [2.45, 2.75) is 6.92 Å². The van der Waals surface area contributed by atoms with Crippen molar-refractivity contribution in [2.24, 2.45) is 5.10 Å². The van der Waals surface area contributed by atoms with Crippen LogP contribution in [0, 0.1) is 0 Å². The first-order valence-corrected chi connectivity index (χ1v) is 7.67. The van der Waals surface area contributed by atoms with Gasteiger partial charge < -0.3 is 9.47 Å². The van der Waals surface area contributed by atoms with Gasteiger partial charge in [0.2, 0.25) is 0 Å². The minimum Gasteiger partial charge on any atom is -0.493 e. The second kappa shape index (κ2) is 7.78. The molecule has 0 aliphatic heterocycles. The Bertz CT molecular complexity index is 744. The summed E-state index contributed by atoms with van der Waals surface area (Å²) in [7, 11) is 3.15. The third-order valence-corrected chi connectivity index (χ3v) is 3.94. The average molecular weight is 377 g/mol. The minimum absolute atomic E-state index is 0.280. The van der Waals surface area contributed by atoms with E-state index in [0.717, 1.165) is 10.0 Å². The Morgan fingerprint density at radius 1 is 1.09 bits per heavy atom. The normalized spacial score (nSPS) is 11.0. The summed E-state index contributed by atoms with van der Waals surface area (Å²) < 4.78 is 11.2.